The largest absolute Gasteiger partial charge is 0.489 e. The molecule has 1 atom stereocenters. The van der Waals surface area contributed by atoms with Crippen molar-refractivity contribution in [3.05, 3.63) is 40.7 Å². The molecule has 2 aliphatic rings. The van der Waals surface area contributed by atoms with Crippen LogP contribution in [0.4, 0.5) is 15.0 Å². The summed E-state index contributed by atoms with van der Waals surface area (Å²) in [5.41, 5.74) is 5.79. The van der Waals surface area contributed by atoms with Crippen molar-refractivity contribution in [2.45, 2.75) is 32.4 Å². The van der Waals surface area contributed by atoms with Crippen molar-refractivity contribution in [1.82, 2.24) is 14.8 Å². The SMILES string of the molecule is CC(C)(C)OC(=O)N1CCN2C(=O)c3c(N)nc(-c4ccccc4F)c(Cl)c3OC[C@H]2C1. The third kappa shape index (κ3) is 4.04. The van der Waals surface area contributed by atoms with Gasteiger partial charge in [-0.3, -0.25) is 4.79 Å². The summed E-state index contributed by atoms with van der Waals surface area (Å²) in [4.78, 5) is 33.2. The van der Waals surface area contributed by atoms with Crippen LogP contribution < -0.4 is 10.5 Å². The first-order valence-corrected chi connectivity index (χ1v) is 10.6. The number of anilines is 1. The van der Waals surface area contributed by atoms with E-state index in [1.54, 1.807) is 42.7 Å². The zero-order valence-electron chi connectivity index (χ0n) is 18.0. The second kappa shape index (κ2) is 8.12. The van der Waals surface area contributed by atoms with Gasteiger partial charge < -0.3 is 25.0 Å². The summed E-state index contributed by atoms with van der Waals surface area (Å²) < 4.78 is 25.7. The predicted molar refractivity (Wildman–Crippen MR) is 117 cm³/mol. The molecule has 32 heavy (non-hydrogen) atoms. The Kier molecular flexibility index (Phi) is 5.62. The number of rotatable bonds is 1. The number of ether oxygens (including phenoxy) is 2. The highest BCUT2D eigenvalue weighted by atomic mass is 35.5. The molecule has 2 N–H and O–H groups in total. The summed E-state index contributed by atoms with van der Waals surface area (Å²) in [6, 6.07) is 5.58. The molecule has 0 radical (unpaired) electrons. The van der Waals surface area contributed by atoms with Crippen LogP contribution in [-0.2, 0) is 4.74 Å². The minimum absolute atomic E-state index is 0.0106. The van der Waals surface area contributed by atoms with Crippen LogP contribution in [0.15, 0.2) is 24.3 Å². The van der Waals surface area contributed by atoms with Crippen molar-refractivity contribution >= 4 is 29.4 Å². The molecule has 2 aliphatic heterocycles. The van der Waals surface area contributed by atoms with Crippen molar-refractivity contribution in [2.75, 3.05) is 32.0 Å². The van der Waals surface area contributed by atoms with Gasteiger partial charge in [0.2, 0.25) is 0 Å². The van der Waals surface area contributed by atoms with Gasteiger partial charge in [0.1, 0.15) is 34.4 Å². The van der Waals surface area contributed by atoms with E-state index < -0.39 is 29.5 Å². The lowest BCUT2D eigenvalue weighted by Gasteiger charge is -2.40. The number of pyridine rings is 1. The number of carbonyl (C=O) groups excluding carboxylic acids is 2. The van der Waals surface area contributed by atoms with E-state index in [4.69, 9.17) is 26.8 Å². The van der Waals surface area contributed by atoms with E-state index >= 15 is 0 Å². The minimum Gasteiger partial charge on any atom is -0.489 e. The van der Waals surface area contributed by atoms with Crippen LogP contribution in [0, 0.1) is 5.82 Å². The number of aromatic nitrogens is 1. The Morgan fingerprint density at radius 2 is 2.03 bits per heavy atom. The third-order valence-electron chi connectivity index (χ3n) is 5.28. The molecule has 2 aromatic rings. The second-order valence-corrected chi connectivity index (χ2v) is 9.11. The van der Waals surface area contributed by atoms with Crippen LogP contribution in [0.5, 0.6) is 5.75 Å². The van der Waals surface area contributed by atoms with Crippen LogP contribution >= 0.6 is 11.6 Å². The van der Waals surface area contributed by atoms with Gasteiger partial charge in [-0.05, 0) is 32.9 Å². The van der Waals surface area contributed by atoms with E-state index in [1.807, 2.05) is 0 Å². The Labute approximate surface area is 190 Å². The summed E-state index contributed by atoms with van der Waals surface area (Å²) in [6.45, 7) is 6.28. The maximum Gasteiger partial charge on any atom is 0.410 e. The number of fused-ring (bicyclic) bond motifs is 2. The number of nitrogen functional groups attached to an aromatic ring is 1. The summed E-state index contributed by atoms with van der Waals surface area (Å²) in [5.74, 6) is -0.937. The molecule has 0 bridgehead atoms. The topological polar surface area (TPSA) is 98.0 Å². The van der Waals surface area contributed by atoms with Crippen LogP contribution in [0.1, 0.15) is 31.1 Å². The molecule has 10 heteroatoms. The number of nitrogens with zero attached hydrogens (tertiary/aromatic N) is 3. The predicted octanol–water partition coefficient (Wildman–Crippen LogP) is 3.58. The molecule has 1 aromatic carbocycles. The zero-order valence-corrected chi connectivity index (χ0v) is 18.8. The van der Waals surface area contributed by atoms with Gasteiger partial charge in [-0.2, -0.15) is 0 Å². The molecule has 2 amide bonds. The summed E-state index contributed by atoms with van der Waals surface area (Å²) in [6.07, 6.45) is -0.451. The van der Waals surface area contributed by atoms with Gasteiger partial charge in [-0.25, -0.2) is 14.2 Å². The first-order valence-electron chi connectivity index (χ1n) is 10.2. The molecule has 3 heterocycles. The molecule has 0 unspecified atom stereocenters. The average Bonchev–Trinajstić information content (AvgIpc) is 2.87. The standard InChI is InChI=1S/C22H24ClFN4O4/c1-22(2,3)32-21(30)27-8-9-28-12(10-27)11-31-18-15(20(28)29)19(25)26-17(16(18)23)13-6-4-5-7-14(13)24/h4-7,12H,8-11H2,1-3H3,(H2,25,26)/t12-/m1/s1. The van der Waals surface area contributed by atoms with E-state index in [2.05, 4.69) is 4.98 Å². The van der Waals surface area contributed by atoms with Crippen molar-refractivity contribution in [3.63, 3.8) is 0 Å². The Balaban J connectivity index is 1.65. The average molecular weight is 463 g/mol. The van der Waals surface area contributed by atoms with Crippen LogP contribution in [0.25, 0.3) is 11.3 Å². The fraction of sp³-hybridized carbons (Fsp3) is 0.409. The first kappa shape index (κ1) is 22.1. The molecule has 1 aromatic heterocycles. The lowest BCUT2D eigenvalue weighted by molar-refractivity contribution is 0.000959. The molecule has 4 rings (SSSR count). The van der Waals surface area contributed by atoms with E-state index in [1.165, 1.54) is 12.1 Å². The number of piperazine rings is 1. The maximum absolute atomic E-state index is 14.3. The molecule has 0 saturated carbocycles. The van der Waals surface area contributed by atoms with Gasteiger partial charge in [0.15, 0.2) is 5.75 Å². The number of halogens is 2. The highest BCUT2D eigenvalue weighted by Crippen LogP contribution is 2.42. The Morgan fingerprint density at radius 1 is 1.31 bits per heavy atom. The van der Waals surface area contributed by atoms with Crippen molar-refractivity contribution in [3.8, 4) is 17.0 Å². The smallest absolute Gasteiger partial charge is 0.410 e. The fourth-order valence-corrected chi connectivity index (χ4v) is 4.11. The number of nitrogens with two attached hydrogens (primary N) is 1. The van der Waals surface area contributed by atoms with E-state index in [9.17, 15) is 14.0 Å². The summed E-state index contributed by atoms with van der Waals surface area (Å²) in [5, 5.41) is 0.0106. The van der Waals surface area contributed by atoms with Gasteiger partial charge >= 0.3 is 6.09 Å². The van der Waals surface area contributed by atoms with E-state index in [-0.39, 0.29) is 53.1 Å². The Morgan fingerprint density at radius 3 is 2.72 bits per heavy atom. The zero-order chi connectivity index (χ0) is 23.2. The third-order valence-corrected chi connectivity index (χ3v) is 5.63. The number of hydrogen-bond donors (Lipinski definition) is 1. The lowest BCUT2D eigenvalue weighted by atomic mass is 10.1. The van der Waals surface area contributed by atoms with Gasteiger partial charge in [0, 0.05) is 25.2 Å². The van der Waals surface area contributed by atoms with Crippen LogP contribution in [-0.4, -0.2) is 64.7 Å². The molecule has 0 aliphatic carbocycles. The molecule has 8 nitrogen and oxygen atoms in total. The van der Waals surface area contributed by atoms with Crippen molar-refractivity contribution in [2.24, 2.45) is 0 Å². The van der Waals surface area contributed by atoms with Crippen LogP contribution in [0.2, 0.25) is 5.02 Å². The fourth-order valence-electron chi connectivity index (χ4n) is 3.81. The molecule has 0 spiro atoms. The molecule has 1 fully saturated rings. The monoisotopic (exact) mass is 462 g/mol. The Bertz CT molecular complexity index is 1090. The van der Waals surface area contributed by atoms with Gasteiger partial charge in [-0.15, -0.1) is 0 Å². The molecule has 170 valence electrons. The van der Waals surface area contributed by atoms with Gasteiger partial charge in [0.25, 0.3) is 5.91 Å². The Hall–Kier alpha value is -3.07. The van der Waals surface area contributed by atoms with Crippen molar-refractivity contribution in [1.29, 1.82) is 0 Å². The quantitative estimate of drug-likeness (QED) is 0.695. The van der Waals surface area contributed by atoms with Crippen LogP contribution in [0.3, 0.4) is 0 Å². The number of amides is 2. The second-order valence-electron chi connectivity index (χ2n) is 8.73. The van der Waals surface area contributed by atoms with E-state index in [0.717, 1.165) is 0 Å². The molecular formula is C22H24ClFN4O4. The normalized spacial score (nSPS) is 18.4. The molecule has 1 saturated heterocycles. The summed E-state index contributed by atoms with van der Waals surface area (Å²) in [7, 11) is 0. The van der Waals surface area contributed by atoms with E-state index in [0.29, 0.717) is 6.54 Å². The van der Waals surface area contributed by atoms with Crippen molar-refractivity contribution < 1.29 is 23.5 Å². The summed E-state index contributed by atoms with van der Waals surface area (Å²) >= 11 is 6.53. The molecular weight excluding hydrogens is 439 g/mol. The highest BCUT2D eigenvalue weighted by molar-refractivity contribution is 6.35. The number of hydrogen-bond acceptors (Lipinski definition) is 6. The van der Waals surface area contributed by atoms with Gasteiger partial charge in [-0.1, -0.05) is 23.7 Å². The number of carbonyl (C=O) groups is 2. The van der Waals surface area contributed by atoms with Gasteiger partial charge in [0.05, 0.1) is 11.7 Å². The first-order chi connectivity index (χ1) is 15.1. The highest BCUT2D eigenvalue weighted by Gasteiger charge is 2.40. The minimum atomic E-state index is -0.628. The lowest BCUT2D eigenvalue weighted by Crippen LogP contribution is -2.58. The maximum atomic E-state index is 14.3. The number of benzene rings is 1.